The molecule has 0 aromatic carbocycles. The fraction of sp³-hybridized carbons (Fsp3) is 0.500. The van der Waals surface area contributed by atoms with Gasteiger partial charge >= 0.3 is 5.69 Å². The van der Waals surface area contributed by atoms with Crippen LogP contribution in [0.1, 0.15) is 12.8 Å². The summed E-state index contributed by atoms with van der Waals surface area (Å²) in [5.41, 5.74) is -1.82. The second-order valence-corrected chi connectivity index (χ2v) is 6.81. The molecule has 0 saturated carbocycles. The third-order valence-electron chi connectivity index (χ3n) is 2.53. The summed E-state index contributed by atoms with van der Waals surface area (Å²) < 4.78 is 23.3. The Morgan fingerprint density at radius 1 is 1.40 bits per heavy atom. The zero-order valence-corrected chi connectivity index (χ0v) is 12.5. The molecule has 10 heteroatoms. The van der Waals surface area contributed by atoms with Crippen LogP contribution in [0.3, 0.4) is 0 Å². The Morgan fingerprint density at radius 2 is 2.00 bits per heavy atom. The van der Waals surface area contributed by atoms with Crippen molar-refractivity contribution in [2.45, 2.75) is 24.3 Å². The van der Waals surface area contributed by atoms with Gasteiger partial charge in [-0.15, -0.1) is 0 Å². The van der Waals surface area contributed by atoms with E-state index in [0.29, 0.717) is 6.42 Å². The maximum Gasteiger partial charge on any atom is 0.328 e. The number of rotatable bonds is 5. The van der Waals surface area contributed by atoms with Crippen LogP contribution in [-0.4, -0.2) is 42.9 Å². The monoisotopic (exact) mass is 323 g/mol. The van der Waals surface area contributed by atoms with E-state index in [2.05, 4.69) is 0 Å². The normalized spacial score (nSPS) is 11.3. The molecule has 1 aromatic rings. The standard InChI is InChI=1S/C10H14ClN3O5S/c1-13(2)8(15)4-3-5-14-6-7(20(11,18)19)9(16)12-10(14)17/h6H,3-5H2,1-2H3,(H,12,16,17). The Bertz CT molecular complexity index is 719. The van der Waals surface area contributed by atoms with Gasteiger partial charge in [0.2, 0.25) is 5.91 Å². The summed E-state index contributed by atoms with van der Waals surface area (Å²) in [6.45, 7) is 0.0919. The number of aryl methyl sites for hydroxylation is 1. The Balaban J connectivity index is 2.95. The number of amides is 1. The molecule has 0 aliphatic carbocycles. The number of carbonyl (C=O) groups is 1. The van der Waals surface area contributed by atoms with Crippen molar-refractivity contribution in [2.24, 2.45) is 0 Å². The molecule has 0 aliphatic rings. The predicted molar refractivity (Wildman–Crippen MR) is 72.3 cm³/mol. The minimum atomic E-state index is -4.23. The van der Waals surface area contributed by atoms with E-state index in [9.17, 15) is 22.8 Å². The molecule has 112 valence electrons. The maximum atomic E-state index is 11.5. The smallest absolute Gasteiger partial charge is 0.328 e. The summed E-state index contributed by atoms with van der Waals surface area (Å²) in [6, 6.07) is 0. The number of aromatic nitrogens is 2. The molecule has 0 spiro atoms. The van der Waals surface area contributed by atoms with E-state index in [1.54, 1.807) is 14.1 Å². The molecular formula is C10H14ClN3O5S. The van der Waals surface area contributed by atoms with Gasteiger partial charge in [0.05, 0.1) is 0 Å². The third kappa shape index (κ3) is 4.20. The Morgan fingerprint density at radius 3 is 2.50 bits per heavy atom. The van der Waals surface area contributed by atoms with Crippen LogP contribution >= 0.6 is 10.7 Å². The highest BCUT2D eigenvalue weighted by Crippen LogP contribution is 2.07. The van der Waals surface area contributed by atoms with Gasteiger partial charge in [-0.05, 0) is 6.42 Å². The number of hydrogen-bond acceptors (Lipinski definition) is 5. The zero-order valence-electron chi connectivity index (χ0n) is 10.9. The number of nitrogens with one attached hydrogen (secondary N) is 1. The van der Waals surface area contributed by atoms with Gasteiger partial charge < -0.3 is 4.90 Å². The molecule has 1 aromatic heterocycles. The Kier molecular flexibility index (Phi) is 5.12. The molecular weight excluding hydrogens is 310 g/mol. The topological polar surface area (TPSA) is 109 Å². The van der Waals surface area contributed by atoms with E-state index in [1.807, 2.05) is 4.98 Å². The number of nitrogens with zero attached hydrogens (tertiary/aromatic N) is 2. The lowest BCUT2D eigenvalue weighted by Gasteiger charge is -2.10. The number of carbonyl (C=O) groups excluding carboxylic acids is 1. The SMILES string of the molecule is CN(C)C(=O)CCCn1cc(S(=O)(=O)Cl)c(=O)[nH]c1=O. The van der Waals surface area contributed by atoms with E-state index in [0.717, 1.165) is 10.8 Å². The van der Waals surface area contributed by atoms with Crippen molar-refractivity contribution in [2.75, 3.05) is 14.1 Å². The van der Waals surface area contributed by atoms with Crippen LogP contribution in [0.15, 0.2) is 20.7 Å². The van der Waals surface area contributed by atoms with Crippen molar-refractivity contribution in [3.63, 3.8) is 0 Å². The first kappa shape index (κ1) is 16.4. The lowest BCUT2D eigenvalue weighted by molar-refractivity contribution is -0.128. The van der Waals surface area contributed by atoms with E-state index < -0.39 is 25.2 Å². The molecule has 1 N–H and O–H groups in total. The minimum absolute atomic E-state index is 0.0919. The summed E-state index contributed by atoms with van der Waals surface area (Å²) in [4.78, 5) is 36.8. The van der Waals surface area contributed by atoms with Gasteiger partial charge in [-0.25, -0.2) is 13.2 Å². The third-order valence-corrected chi connectivity index (χ3v) is 3.84. The highest BCUT2D eigenvalue weighted by atomic mass is 35.7. The van der Waals surface area contributed by atoms with Crippen molar-refractivity contribution >= 4 is 25.6 Å². The van der Waals surface area contributed by atoms with Crippen molar-refractivity contribution in [1.29, 1.82) is 0 Å². The molecule has 0 bridgehead atoms. The van der Waals surface area contributed by atoms with E-state index in [4.69, 9.17) is 10.7 Å². The van der Waals surface area contributed by atoms with Gasteiger partial charge in [0, 0.05) is 43.9 Å². The summed E-state index contributed by atoms with van der Waals surface area (Å²) in [6.07, 6.45) is 1.40. The van der Waals surface area contributed by atoms with Gasteiger partial charge in [-0.2, -0.15) is 0 Å². The second kappa shape index (κ2) is 6.23. The first-order chi connectivity index (χ1) is 9.12. The first-order valence-corrected chi connectivity index (χ1v) is 7.92. The summed E-state index contributed by atoms with van der Waals surface area (Å²) in [5, 5.41) is 0. The van der Waals surface area contributed by atoms with Crippen LogP contribution in [0, 0.1) is 0 Å². The fourth-order valence-corrected chi connectivity index (χ4v) is 2.31. The highest BCUT2D eigenvalue weighted by molar-refractivity contribution is 8.13. The molecule has 0 unspecified atom stereocenters. The van der Waals surface area contributed by atoms with E-state index in [1.165, 1.54) is 4.90 Å². The molecule has 8 nitrogen and oxygen atoms in total. The molecule has 0 aliphatic heterocycles. The van der Waals surface area contributed by atoms with Crippen molar-refractivity contribution in [3.05, 3.63) is 27.0 Å². The summed E-state index contributed by atoms with van der Waals surface area (Å²) in [7, 11) is 4.06. The number of aromatic amines is 1. The fourth-order valence-electron chi connectivity index (χ4n) is 1.45. The van der Waals surface area contributed by atoms with Gasteiger partial charge in [-0.1, -0.05) is 0 Å². The maximum absolute atomic E-state index is 11.5. The van der Waals surface area contributed by atoms with E-state index >= 15 is 0 Å². The molecule has 1 heterocycles. The van der Waals surface area contributed by atoms with Gasteiger partial charge in [-0.3, -0.25) is 19.1 Å². The number of H-pyrrole nitrogens is 1. The highest BCUT2D eigenvalue weighted by Gasteiger charge is 2.17. The Hall–Kier alpha value is -1.61. The van der Waals surface area contributed by atoms with Gasteiger partial charge in [0.1, 0.15) is 0 Å². The number of hydrogen-bond donors (Lipinski definition) is 1. The molecule has 1 amide bonds. The van der Waals surface area contributed by atoms with Crippen LogP contribution in [0.2, 0.25) is 0 Å². The van der Waals surface area contributed by atoms with Crippen LogP contribution in [0.4, 0.5) is 0 Å². The van der Waals surface area contributed by atoms with Crippen LogP contribution in [0.25, 0.3) is 0 Å². The lowest BCUT2D eigenvalue weighted by atomic mass is 10.3. The average Bonchev–Trinajstić information content (AvgIpc) is 2.29. The lowest BCUT2D eigenvalue weighted by Crippen LogP contribution is -2.32. The van der Waals surface area contributed by atoms with Gasteiger partial charge in [0.15, 0.2) is 4.90 Å². The van der Waals surface area contributed by atoms with Gasteiger partial charge in [0.25, 0.3) is 14.6 Å². The zero-order chi connectivity index (χ0) is 15.5. The van der Waals surface area contributed by atoms with Crippen LogP contribution < -0.4 is 11.2 Å². The molecule has 1 rings (SSSR count). The Labute approximate surface area is 119 Å². The summed E-state index contributed by atoms with van der Waals surface area (Å²) in [5.74, 6) is -0.118. The number of halogens is 1. The minimum Gasteiger partial charge on any atom is -0.349 e. The van der Waals surface area contributed by atoms with Crippen molar-refractivity contribution in [1.82, 2.24) is 14.5 Å². The second-order valence-electron chi connectivity index (χ2n) is 4.28. The van der Waals surface area contributed by atoms with E-state index in [-0.39, 0.29) is 18.9 Å². The average molecular weight is 324 g/mol. The van der Waals surface area contributed by atoms with Crippen LogP contribution in [0.5, 0.6) is 0 Å². The largest absolute Gasteiger partial charge is 0.349 e. The molecule has 0 radical (unpaired) electrons. The molecule has 0 atom stereocenters. The first-order valence-electron chi connectivity index (χ1n) is 5.61. The molecule has 20 heavy (non-hydrogen) atoms. The summed E-state index contributed by atoms with van der Waals surface area (Å²) >= 11 is 0. The molecule has 0 saturated heterocycles. The molecule has 0 fully saturated rings. The van der Waals surface area contributed by atoms with Crippen molar-refractivity contribution in [3.8, 4) is 0 Å². The predicted octanol–water partition coefficient (Wildman–Crippen LogP) is -0.667. The van der Waals surface area contributed by atoms with Crippen LogP contribution in [-0.2, 0) is 20.4 Å². The van der Waals surface area contributed by atoms with Crippen molar-refractivity contribution < 1.29 is 13.2 Å². The quantitative estimate of drug-likeness (QED) is 0.723.